The zero-order chi connectivity index (χ0) is 16.3. The normalized spacial score (nSPS) is 21.4. The number of hydrogen-bond acceptors (Lipinski definition) is 6. The fourth-order valence-corrected chi connectivity index (χ4v) is 4.11. The Morgan fingerprint density at radius 3 is 2.45 bits per heavy atom. The zero-order valence-electron chi connectivity index (χ0n) is 12.3. The van der Waals surface area contributed by atoms with Crippen LogP contribution in [-0.4, -0.2) is 72.9 Å². The first-order chi connectivity index (χ1) is 10.3. The summed E-state index contributed by atoms with van der Waals surface area (Å²) in [5.74, 6) is -0.445. The van der Waals surface area contributed by atoms with Gasteiger partial charge in [-0.3, -0.25) is 19.3 Å². The molecular weight excluding hydrogens is 330 g/mol. The minimum Gasteiger partial charge on any atom is -0.354 e. The number of imide groups is 1. The topological polar surface area (TPSA) is 104 Å². The van der Waals surface area contributed by atoms with Gasteiger partial charge in [0, 0.05) is 32.1 Å². The first kappa shape index (κ1) is 17.2. The van der Waals surface area contributed by atoms with Crippen molar-refractivity contribution in [1.82, 2.24) is 14.5 Å². The van der Waals surface area contributed by atoms with Gasteiger partial charge in [0.05, 0.1) is 12.0 Å². The van der Waals surface area contributed by atoms with Gasteiger partial charge in [0.25, 0.3) is 5.24 Å². The maximum Gasteiger partial charge on any atom is 0.288 e. The Labute approximate surface area is 133 Å². The molecule has 2 aliphatic heterocycles. The van der Waals surface area contributed by atoms with Crippen molar-refractivity contribution in [3.05, 3.63) is 0 Å². The van der Waals surface area contributed by atoms with Crippen LogP contribution in [0.3, 0.4) is 0 Å². The summed E-state index contributed by atoms with van der Waals surface area (Å²) >= 11 is 0.965. The van der Waals surface area contributed by atoms with Crippen LogP contribution in [0, 0.1) is 5.92 Å². The molecule has 0 saturated carbocycles. The molecule has 124 valence electrons. The Morgan fingerprint density at radius 1 is 1.32 bits per heavy atom. The van der Waals surface area contributed by atoms with E-state index < -0.39 is 10.0 Å². The molecule has 10 heteroatoms. The number of sulfonamides is 1. The highest BCUT2D eigenvalue weighted by Crippen LogP contribution is 2.20. The van der Waals surface area contributed by atoms with Crippen LogP contribution in [0.25, 0.3) is 0 Å². The van der Waals surface area contributed by atoms with Crippen molar-refractivity contribution in [2.24, 2.45) is 5.92 Å². The average Bonchev–Trinajstić information content (AvgIpc) is 2.78. The van der Waals surface area contributed by atoms with E-state index in [1.165, 1.54) is 4.31 Å². The summed E-state index contributed by atoms with van der Waals surface area (Å²) in [6.45, 7) is 1.09. The molecule has 22 heavy (non-hydrogen) atoms. The fraction of sp³-hybridized carbons (Fsp3) is 0.750. The SMILES string of the molecule is CS(=O)(=O)N1CCC(C(=O)NCCN2C(=O)CSC2=O)CC1. The van der Waals surface area contributed by atoms with Crippen LogP contribution in [0.1, 0.15) is 12.8 Å². The summed E-state index contributed by atoms with van der Waals surface area (Å²) in [4.78, 5) is 35.9. The minimum absolute atomic E-state index is 0.153. The molecule has 3 amide bonds. The van der Waals surface area contributed by atoms with Gasteiger partial charge in [0.2, 0.25) is 21.8 Å². The molecule has 2 aliphatic rings. The molecule has 2 saturated heterocycles. The summed E-state index contributed by atoms with van der Waals surface area (Å²) in [5, 5.41) is 2.43. The third-order valence-electron chi connectivity index (χ3n) is 3.77. The van der Waals surface area contributed by atoms with E-state index in [1.54, 1.807) is 0 Å². The van der Waals surface area contributed by atoms with Crippen LogP contribution < -0.4 is 5.32 Å². The highest BCUT2D eigenvalue weighted by atomic mass is 32.2. The molecule has 1 N–H and O–H groups in total. The number of rotatable bonds is 5. The van der Waals surface area contributed by atoms with E-state index in [1.807, 2.05) is 0 Å². The van der Waals surface area contributed by atoms with Crippen LogP contribution in [0.15, 0.2) is 0 Å². The minimum atomic E-state index is -3.20. The molecule has 2 heterocycles. The van der Waals surface area contributed by atoms with E-state index in [0.29, 0.717) is 25.9 Å². The lowest BCUT2D eigenvalue weighted by Gasteiger charge is -2.29. The van der Waals surface area contributed by atoms with Crippen molar-refractivity contribution >= 4 is 38.8 Å². The summed E-state index contributed by atoms with van der Waals surface area (Å²) < 4.78 is 24.2. The van der Waals surface area contributed by atoms with Crippen LogP contribution >= 0.6 is 11.8 Å². The largest absolute Gasteiger partial charge is 0.354 e. The maximum atomic E-state index is 12.0. The monoisotopic (exact) mass is 349 g/mol. The van der Waals surface area contributed by atoms with Gasteiger partial charge < -0.3 is 5.32 Å². The molecule has 0 aromatic carbocycles. The molecule has 0 aliphatic carbocycles. The number of carbonyl (C=O) groups excluding carboxylic acids is 3. The second-order valence-corrected chi connectivity index (χ2v) is 8.24. The Balaban J connectivity index is 1.72. The number of amides is 3. The molecule has 0 unspecified atom stereocenters. The number of carbonyl (C=O) groups is 3. The average molecular weight is 349 g/mol. The first-order valence-electron chi connectivity index (χ1n) is 6.99. The van der Waals surface area contributed by atoms with Gasteiger partial charge in [-0.25, -0.2) is 12.7 Å². The maximum absolute atomic E-state index is 12.0. The molecule has 0 bridgehead atoms. The Morgan fingerprint density at radius 2 is 1.95 bits per heavy atom. The fourth-order valence-electron chi connectivity index (χ4n) is 2.48. The third kappa shape index (κ3) is 4.20. The number of piperidine rings is 1. The number of nitrogens with zero attached hydrogens (tertiary/aromatic N) is 2. The molecule has 2 fully saturated rings. The first-order valence-corrected chi connectivity index (χ1v) is 9.82. The molecule has 8 nitrogen and oxygen atoms in total. The number of thioether (sulfide) groups is 1. The van der Waals surface area contributed by atoms with Gasteiger partial charge >= 0.3 is 0 Å². The van der Waals surface area contributed by atoms with Crippen molar-refractivity contribution in [2.45, 2.75) is 12.8 Å². The summed E-state index contributed by atoms with van der Waals surface area (Å²) in [6.07, 6.45) is 2.13. The van der Waals surface area contributed by atoms with Gasteiger partial charge in [0.1, 0.15) is 0 Å². The van der Waals surface area contributed by atoms with Crippen molar-refractivity contribution < 1.29 is 22.8 Å². The second kappa shape index (κ2) is 6.97. The Kier molecular flexibility index (Phi) is 5.45. The van der Waals surface area contributed by atoms with Crippen LogP contribution in [0.2, 0.25) is 0 Å². The predicted molar refractivity (Wildman–Crippen MR) is 81.7 cm³/mol. The van der Waals surface area contributed by atoms with Gasteiger partial charge in [-0.2, -0.15) is 0 Å². The molecule has 0 atom stereocenters. The zero-order valence-corrected chi connectivity index (χ0v) is 13.9. The van der Waals surface area contributed by atoms with Gasteiger partial charge in [-0.05, 0) is 12.8 Å². The Bertz CT molecular complexity index is 553. The molecule has 0 aromatic heterocycles. The van der Waals surface area contributed by atoms with Gasteiger partial charge in [0.15, 0.2) is 0 Å². The van der Waals surface area contributed by atoms with Crippen molar-refractivity contribution in [2.75, 3.05) is 38.2 Å². The van der Waals surface area contributed by atoms with Crippen LogP contribution in [0.4, 0.5) is 4.79 Å². The van der Waals surface area contributed by atoms with E-state index in [-0.39, 0.29) is 41.8 Å². The molecule has 0 aromatic rings. The highest BCUT2D eigenvalue weighted by molar-refractivity contribution is 8.14. The second-order valence-electron chi connectivity index (χ2n) is 5.33. The van der Waals surface area contributed by atoms with Gasteiger partial charge in [-0.1, -0.05) is 11.8 Å². The number of hydrogen-bond donors (Lipinski definition) is 1. The third-order valence-corrected chi connectivity index (χ3v) is 5.93. The standard InChI is InChI=1S/C12H19N3O5S2/c1-22(19,20)14-5-2-9(3-6-14)11(17)13-4-7-15-10(16)8-21-12(15)18/h9H,2-8H2,1H3,(H,13,17). The molecule has 0 spiro atoms. The Hall–Kier alpha value is -1.13. The predicted octanol–water partition coefficient (Wildman–Crippen LogP) is -0.530. The smallest absolute Gasteiger partial charge is 0.288 e. The summed E-state index contributed by atoms with van der Waals surface area (Å²) in [6, 6.07) is 0. The lowest BCUT2D eigenvalue weighted by atomic mass is 9.97. The van der Waals surface area contributed by atoms with E-state index in [4.69, 9.17) is 0 Å². The van der Waals surface area contributed by atoms with Gasteiger partial charge in [-0.15, -0.1) is 0 Å². The van der Waals surface area contributed by atoms with E-state index in [9.17, 15) is 22.8 Å². The van der Waals surface area contributed by atoms with E-state index in [0.717, 1.165) is 22.9 Å². The van der Waals surface area contributed by atoms with E-state index in [2.05, 4.69) is 5.32 Å². The summed E-state index contributed by atoms with van der Waals surface area (Å²) in [5.41, 5.74) is 0. The van der Waals surface area contributed by atoms with Crippen LogP contribution in [-0.2, 0) is 19.6 Å². The molecular formula is C12H19N3O5S2. The lowest BCUT2D eigenvalue weighted by Crippen LogP contribution is -2.44. The van der Waals surface area contributed by atoms with E-state index >= 15 is 0 Å². The quantitative estimate of drug-likeness (QED) is 0.715. The van der Waals surface area contributed by atoms with Crippen molar-refractivity contribution in [3.8, 4) is 0 Å². The molecule has 0 radical (unpaired) electrons. The summed E-state index contributed by atoms with van der Waals surface area (Å²) in [7, 11) is -3.20. The van der Waals surface area contributed by atoms with Crippen LogP contribution in [0.5, 0.6) is 0 Å². The number of nitrogens with one attached hydrogen (secondary N) is 1. The highest BCUT2D eigenvalue weighted by Gasteiger charge is 2.31. The van der Waals surface area contributed by atoms with Crippen molar-refractivity contribution in [1.29, 1.82) is 0 Å². The lowest BCUT2D eigenvalue weighted by molar-refractivity contribution is -0.127. The molecule has 2 rings (SSSR count). The van der Waals surface area contributed by atoms with Crippen molar-refractivity contribution in [3.63, 3.8) is 0 Å².